The molecular formula is C31H34F2KN6O5+. The molecule has 0 bridgehead atoms. The van der Waals surface area contributed by atoms with Crippen molar-refractivity contribution in [2.75, 3.05) is 6.61 Å². The number of hydrogen-bond acceptors (Lipinski definition) is 9. The van der Waals surface area contributed by atoms with Crippen molar-refractivity contribution in [3.05, 3.63) is 87.6 Å². The van der Waals surface area contributed by atoms with Gasteiger partial charge in [-0.05, 0) is 48.8 Å². The average Bonchev–Trinajstić information content (AvgIpc) is 3.68. The zero-order valence-corrected chi connectivity index (χ0v) is 28.3. The molecule has 0 radical (unpaired) electrons. The van der Waals surface area contributed by atoms with Gasteiger partial charge in [0.15, 0.2) is 5.84 Å². The minimum absolute atomic E-state index is 0. The van der Waals surface area contributed by atoms with E-state index in [0.717, 1.165) is 34.4 Å². The van der Waals surface area contributed by atoms with Gasteiger partial charge in [-0.2, -0.15) is 18.9 Å². The third-order valence-corrected chi connectivity index (χ3v) is 8.14. The van der Waals surface area contributed by atoms with Gasteiger partial charge in [-0.3, -0.25) is 9.36 Å². The van der Waals surface area contributed by atoms with Crippen molar-refractivity contribution in [1.82, 2.24) is 24.6 Å². The molecule has 2 aliphatic rings. The van der Waals surface area contributed by atoms with Crippen molar-refractivity contribution in [2.45, 2.75) is 76.5 Å². The van der Waals surface area contributed by atoms with Crippen LogP contribution in [0.3, 0.4) is 0 Å². The average molecular weight is 648 g/mol. The van der Waals surface area contributed by atoms with E-state index >= 15 is 0 Å². The number of hydrogen-bond donors (Lipinski definition) is 3. The van der Waals surface area contributed by atoms with E-state index in [4.69, 9.17) is 14.7 Å². The monoisotopic (exact) mass is 647 g/mol. The van der Waals surface area contributed by atoms with E-state index in [1.165, 1.54) is 6.33 Å². The molecule has 0 saturated heterocycles. The number of rotatable bonds is 10. The van der Waals surface area contributed by atoms with Gasteiger partial charge in [0.05, 0.1) is 11.8 Å². The summed E-state index contributed by atoms with van der Waals surface area (Å²) in [5, 5.41) is 22.9. The van der Waals surface area contributed by atoms with Crippen LogP contribution in [0.2, 0.25) is 0 Å². The van der Waals surface area contributed by atoms with Crippen LogP contribution in [0.5, 0.6) is 0 Å². The van der Waals surface area contributed by atoms with E-state index in [-0.39, 0.29) is 63.0 Å². The Morgan fingerprint density at radius 3 is 2.44 bits per heavy atom. The molecule has 1 unspecified atom stereocenters. The van der Waals surface area contributed by atoms with Crippen molar-refractivity contribution in [2.24, 2.45) is 4.99 Å². The third kappa shape index (κ3) is 7.61. The summed E-state index contributed by atoms with van der Waals surface area (Å²) in [6, 6.07) is 15.4. The summed E-state index contributed by atoms with van der Waals surface area (Å²) in [4.78, 5) is 27.7. The smallest absolute Gasteiger partial charge is 0.369 e. The van der Waals surface area contributed by atoms with Crippen LogP contribution in [0, 0.1) is 0 Å². The van der Waals surface area contributed by atoms with Crippen LogP contribution in [0.15, 0.2) is 64.6 Å². The summed E-state index contributed by atoms with van der Waals surface area (Å²) in [7, 11) is 0. The number of nitrogens with zero attached hydrogens (tertiary/aromatic N) is 5. The van der Waals surface area contributed by atoms with Crippen LogP contribution < -0.4 is 62.4 Å². The first-order valence-corrected chi connectivity index (χ1v) is 14.8. The number of benzene rings is 2. The largest absolute Gasteiger partial charge is 1.00 e. The number of hydroxylamine groups is 1. The van der Waals surface area contributed by atoms with Crippen molar-refractivity contribution >= 4 is 11.6 Å². The Labute approximate surface area is 300 Å². The number of aryl methyl sites for hydroxylation is 1. The van der Waals surface area contributed by atoms with E-state index in [1.807, 2.05) is 48.5 Å². The van der Waals surface area contributed by atoms with E-state index in [9.17, 15) is 18.7 Å². The predicted molar refractivity (Wildman–Crippen MR) is 157 cm³/mol. The number of halogens is 2. The number of aromatic nitrogens is 4. The van der Waals surface area contributed by atoms with Gasteiger partial charge in [0, 0.05) is 23.6 Å². The Morgan fingerprint density at radius 1 is 1.09 bits per heavy atom. The molecule has 2 aromatic heterocycles. The number of amidine groups is 1. The van der Waals surface area contributed by atoms with Crippen LogP contribution in [-0.4, -0.2) is 60.4 Å². The van der Waals surface area contributed by atoms with Crippen LogP contribution in [0.4, 0.5) is 8.78 Å². The van der Waals surface area contributed by atoms with Gasteiger partial charge >= 0.3 is 57.5 Å². The van der Waals surface area contributed by atoms with Gasteiger partial charge in [0.25, 0.3) is 12.0 Å². The summed E-state index contributed by atoms with van der Waals surface area (Å²) < 4.78 is 34.5. The fraction of sp³-hybridized carbons (Fsp3) is 0.419. The van der Waals surface area contributed by atoms with E-state index < -0.39 is 25.2 Å². The van der Waals surface area contributed by atoms with Crippen molar-refractivity contribution in [1.29, 1.82) is 0 Å². The molecule has 1 aliphatic heterocycles. The minimum atomic E-state index is -3.87. The molecule has 1 saturated carbocycles. The van der Waals surface area contributed by atoms with Crippen LogP contribution in [0.25, 0.3) is 16.9 Å². The molecule has 4 aromatic rings. The number of aliphatic hydroxyl groups excluding tert-OH is 1. The first-order chi connectivity index (χ1) is 21.2. The number of fused-ring (bicyclic) bond motifs is 1. The van der Waals surface area contributed by atoms with Gasteiger partial charge < -0.3 is 14.9 Å². The molecule has 45 heavy (non-hydrogen) atoms. The summed E-state index contributed by atoms with van der Waals surface area (Å²) in [5.74, 6) is 0.910. The molecule has 232 valence electrons. The zero-order valence-electron chi connectivity index (χ0n) is 25.2. The maximum atomic E-state index is 14.2. The molecule has 3 heterocycles. The standard InChI is InChI=1S/C31H34F2N6O5.K/c1-2-5-26-25(16-19-8-10-20(11-9-19)23-6-3-4-7-24(23)27-36-30(41)44-37-27)28(40)38(29-34-18-35-39(26)29)21-12-14-22(15-13-21)43-17-31(32,33)42;/h3-4,6-11,18,21-22,30,41-42H,2,5,12-17H2,1H3,(H,36,37);/q;+1. The minimum Gasteiger partial charge on any atom is -0.369 e. The van der Waals surface area contributed by atoms with Crippen molar-refractivity contribution in [3.63, 3.8) is 0 Å². The second-order valence-electron chi connectivity index (χ2n) is 11.2. The maximum Gasteiger partial charge on any atom is 1.00 e. The van der Waals surface area contributed by atoms with Crippen LogP contribution >= 0.6 is 0 Å². The Bertz CT molecular complexity index is 1710. The van der Waals surface area contributed by atoms with Gasteiger partial charge in [0.1, 0.15) is 12.9 Å². The quantitative estimate of drug-likeness (QED) is 0.215. The fourth-order valence-electron chi connectivity index (χ4n) is 6.11. The Balaban J connectivity index is 0.00000400. The fourth-order valence-corrected chi connectivity index (χ4v) is 6.11. The first-order valence-electron chi connectivity index (χ1n) is 14.8. The number of aliphatic hydroxyl groups is 2. The second kappa shape index (κ2) is 14.6. The summed E-state index contributed by atoms with van der Waals surface area (Å²) in [6.45, 7) is 1.01. The van der Waals surface area contributed by atoms with Crippen molar-refractivity contribution in [3.8, 4) is 11.1 Å². The number of ether oxygens (including phenoxy) is 1. The van der Waals surface area contributed by atoms with Crippen LogP contribution in [-0.2, 0) is 22.4 Å². The third-order valence-electron chi connectivity index (χ3n) is 8.14. The zero-order chi connectivity index (χ0) is 30.8. The van der Waals surface area contributed by atoms with Gasteiger partial charge in [0.2, 0.25) is 5.78 Å². The predicted octanol–water partition coefficient (Wildman–Crippen LogP) is 0.748. The Kier molecular flexibility index (Phi) is 11.0. The first kappa shape index (κ1) is 33.9. The Morgan fingerprint density at radius 2 is 1.80 bits per heavy atom. The topological polar surface area (TPSA) is 136 Å². The van der Waals surface area contributed by atoms with E-state index in [1.54, 1.807) is 9.08 Å². The van der Waals surface area contributed by atoms with Gasteiger partial charge in [-0.1, -0.05) is 61.9 Å². The normalized spacial score (nSPS) is 20.1. The molecule has 0 amide bonds. The molecule has 11 nitrogen and oxygen atoms in total. The summed E-state index contributed by atoms with van der Waals surface area (Å²) in [5.41, 5.74) is 7.58. The molecule has 1 aliphatic carbocycles. The molecule has 3 N–H and O–H groups in total. The molecule has 6 rings (SSSR count). The summed E-state index contributed by atoms with van der Waals surface area (Å²) in [6.07, 6.45) is -0.169. The molecule has 1 fully saturated rings. The Hall–Kier alpha value is -2.40. The maximum absolute atomic E-state index is 14.2. The molecule has 1 atom stereocenters. The molecule has 0 spiro atoms. The molecule has 2 aromatic carbocycles. The summed E-state index contributed by atoms with van der Waals surface area (Å²) >= 11 is 0. The molecule has 14 heteroatoms. The number of alkyl halides is 2. The van der Waals surface area contributed by atoms with Crippen molar-refractivity contribution < 1.29 is 80.0 Å². The van der Waals surface area contributed by atoms with Gasteiger partial charge in [-0.15, -0.1) is 0 Å². The number of aliphatic imine (C=N–C) groups is 1. The van der Waals surface area contributed by atoms with Crippen LogP contribution in [0.1, 0.15) is 67.5 Å². The van der Waals surface area contributed by atoms with Gasteiger partial charge in [-0.25, -0.2) is 19.8 Å². The van der Waals surface area contributed by atoms with E-state index in [0.29, 0.717) is 55.7 Å². The second-order valence-corrected chi connectivity index (χ2v) is 11.2. The SMILES string of the molecule is CCCc1c(Cc2ccc(-c3ccccc3C3=NC(O)ON3)cc2)c(=O)n(C2CCC(OCC(O)(F)F)CC2)c2ncnn12.[K+]. The van der Waals surface area contributed by atoms with E-state index in [2.05, 4.69) is 27.5 Å². The number of nitrogens with one attached hydrogen (secondary N) is 1. The molecular weight excluding hydrogens is 613 g/mol.